The van der Waals surface area contributed by atoms with Crippen molar-refractivity contribution in [3.8, 4) is 0 Å². The van der Waals surface area contributed by atoms with Crippen LogP contribution in [0.3, 0.4) is 0 Å². The van der Waals surface area contributed by atoms with E-state index in [4.69, 9.17) is 0 Å². The lowest BCUT2D eigenvalue weighted by molar-refractivity contribution is -0.502. The van der Waals surface area contributed by atoms with Crippen LogP contribution in [-0.4, -0.2) is 28.2 Å². The van der Waals surface area contributed by atoms with Gasteiger partial charge in [-0.1, -0.05) is 15.9 Å². The fourth-order valence-corrected chi connectivity index (χ4v) is 1.59. The van der Waals surface area contributed by atoms with E-state index in [1.54, 1.807) is 0 Å². The van der Waals surface area contributed by atoms with Gasteiger partial charge in [-0.25, -0.2) is 4.58 Å². The smallest absolute Gasteiger partial charge is 0.155 e. The highest BCUT2D eigenvalue weighted by Crippen LogP contribution is 2.13. The molecule has 2 heteroatoms. The van der Waals surface area contributed by atoms with E-state index in [2.05, 4.69) is 40.6 Å². The van der Waals surface area contributed by atoms with Crippen molar-refractivity contribution in [3.63, 3.8) is 0 Å². The molecular weight excluding hydrogens is 190 g/mol. The lowest BCUT2D eigenvalue weighted by Gasteiger charge is -2.05. The van der Waals surface area contributed by atoms with Crippen molar-refractivity contribution in [2.24, 2.45) is 0 Å². The van der Waals surface area contributed by atoms with Crippen LogP contribution in [0.2, 0.25) is 0 Å². The maximum absolute atomic E-state index is 3.59. The van der Waals surface area contributed by atoms with Gasteiger partial charge in [0.05, 0.1) is 4.32 Å². The van der Waals surface area contributed by atoms with Gasteiger partial charge in [-0.05, 0) is 13.8 Å². The molecule has 0 atom stereocenters. The second-order valence-corrected chi connectivity index (χ2v) is 5.48. The maximum Gasteiger partial charge on any atom is 0.155 e. The summed E-state index contributed by atoms with van der Waals surface area (Å²) in [7, 11) is 0. The van der Waals surface area contributed by atoms with Crippen LogP contribution in [0.25, 0.3) is 0 Å². The Hall–Kier alpha value is 0.150. The standard InChI is InChI=1S/C8H15BrN/c1-8(2,9)7-10-5-3-4-6-10/h7H,3-6H2,1-2H3/q+1. The molecular formula is C8H15BrN+. The van der Waals surface area contributed by atoms with Gasteiger partial charge in [0.1, 0.15) is 13.1 Å². The summed E-state index contributed by atoms with van der Waals surface area (Å²) in [6.45, 7) is 6.83. The van der Waals surface area contributed by atoms with E-state index in [0.717, 1.165) is 0 Å². The zero-order valence-corrected chi connectivity index (χ0v) is 8.32. The average Bonchev–Trinajstić information content (AvgIpc) is 2.12. The van der Waals surface area contributed by atoms with E-state index in [1.807, 2.05) is 0 Å². The quantitative estimate of drug-likeness (QED) is 0.455. The molecule has 0 saturated carbocycles. The number of alkyl halides is 1. The van der Waals surface area contributed by atoms with E-state index >= 15 is 0 Å². The van der Waals surface area contributed by atoms with Crippen LogP contribution in [0.1, 0.15) is 26.7 Å². The minimum atomic E-state index is 0.178. The zero-order valence-electron chi connectivity index (χ0n) is 6.73. The van der Waals surface area contributed by atoms with E-state index in [-0.39, 0.29) is 4.32 Å². The SMILES string of the molecule is CC(C)(Br)C=[N+]1CCCC1. The third-order valence-corrected chi connectivity index (χ3v) is 1.83. The molecule has 0 radical (unpaired) electrons. The molecule has 0 N–H and O–H groups in total. The summed E-state index contributed by atoms with van der Waals surface area (Å²) in [5.74, 6) is 0. The number of hydrogen-bond donors (Lipinski definition) is 0. The molecule has 0 bridgehead atoms. The van der Waals surface area contributed by atoms with E-state index in [9.17, 15) is 0 Å². The van der Waals surface area contributed by atoms with Crippen LogP contribution in [0, 0.1) is 0 Å². The van der Waals surface area contributed by atoms with E-state index in [1.165, 1.54) is 25.9 Å². The molecule has 0 aliphatic carbocycles. The van der Waals surface area contributed by atoms with Crippen LogP contribution >= 0.6 is 15.9 Å². The van der Waals surface area contributed by atoms with Gasteiger partial charge in [-0.3, -0.25) is 0 Å². The lowest BCUT2D eigenvalue weighted by atomic mass is 10.2. The third kappa shape index (κ3) is 2.82. The van der Waals surface area contributed by atoms with Gasteiger partial charge < -0.3 is 0 Å². The topological polar surface area (TPSA) is 3.01 Å². The molecule has 0 aromatic carbocycles. The summed E-state index contributed by atoms with van der Waals surface area (Å²) in [4.78, 5) is 0. The van der Waals surface area contributed by atoms with Crippen molar-refractivity contribution in [3.05, 3.63) is 0 Å². The zero-order chi connectivity index (χ0) is 7.61. The maximum atomic E-state index is 3.59. The Morgan fingerprint density at radius 3 is 2.20 bits per heavy atom. The first kappa shape index (κ1) is 8.25. The van der Waals surface area contributed by atoms with E-state index < -0.39 is 0 Å². The van der Waals surface area contributed by atoms with Gasteiger partial charge in [0.15, 0.2) is 6.21 Å². The van der Waals surface area contributed by atoms with Gasteiger partial charge in [0.2, 0.25) is 0 Å². The number of nitrogens with zero attached hydrogens (tertiary/aromatic N) is 1. The van der Waals surface area contributed by atoms with Crippen molar-refractivity contribution in [1.82, 2.24) is 0 Å². The summed E-state index contributed by atoms with van der Waals surface area (Å²) < 4.78 is 2.58. The minimum absolute atomic E-state index is 0.178. The molecule has 1 fully saturated rings. The van der Waals surface area contributed by atoms with Crippen LogP contribution in [0.15, 0.2) is 0 Å². The van der Waals surface area contributed by atoms with Crippen molar-refractivity contribution in [1.29, 1.82) is 0 Å². The highest BCUT2D eigenvalue weighted by molar-refractivity contribution is 9.10. The minimum Gasteiger partial charge on any atom is -0.238 e. The van der Waals surface area contributed by atoms with Crippen LogP contribution in [0.4, 0.5) is 0 Å². The van der Waals surface area contributed by atoms with Gasteiger partial charge in [0.25, 0.3) is 0 Å². The third-order valence-electron chi connectivity index (χ3n) is 1.63. The van der Waals surface area contributed by atoms with Gasteiger partial charge in [0, 0.05) is 12.8 Å². The molecule has 1 saturated heterocycles. The van der Waals surface area contributed by atoms with Crippen molar-refractivity contribution in [2.45, 2.75) is 31.0 Å². The Morgan fingerprint density at radius 1 is 1.30 bits per heavy atom. The molecule has 0 amide bonds. The molecule has 0 aromatic heterocycles. The molecule has 0 unspecified atom stereocenters. The highest BCUT2D eigenvalue weighted by Gasteiger charge is 2.19. The highest BCUT2D eigenvalue weighted by atomic mass is 79.9. The summed E-state index contributed by atoms with van der Waals surface area (Å²) in [6, 6.07) is 0. The van der Waals surface area contributed by atoms with Gasteiger partial charge >= 0.3 is 0 Å². The number of hydrogen-bond acceptors (Lipinski definition) is 0. The van der Waals surface area contributed by atoms with Crippen LogP contribution in [0.5, 0.6) is 0 Å². The van der Waals surface area contributed by atoms with Gasteiger partial charge in [-0.2, -0.15) is 0 Å². The molecule has 1 aliphatic heterocycles. The van der Waals surface area contributed by atoms with Crippen molar-refractivity contribution < 1.29 is 4.58 Å². The summed E-state index contributed by atoms with van der Waals surface area (Å²) in [5.41, 5.74) is 0. The summed E-state index contributed by atoms with van der Waals surface area (Å²) in [6.07, 6.45) is 5.00. The molecule has 58 valence electrons. The molecule has 0 spiro atoms. The summed E-state index contributed by atoms with van der Waals surface area (Å²) in [5, 5.41) is 0. The fraction of sp³-hybridized carbons (Fsp3) is 0.875. The molecule has 0 aromatic rings. The monoisotopic (exact) mass is 204 g/mol. The number of rotatable bonds is 1. The second kappa shape index (κ2) is 3.04. The molecule has 1 nitrogen and oxygen atoms in total. The molecule has 1 aliphatic rings. The van der Waals surface area contributed by atoms with Crippen molar-refractivity contribution in [2.75, 3.05) is 13.1 Å². The molecule has 10 heavy (non-hydrogen) atoms. The van der Waals surface area contributed by atoms with E-state index in [0.29, 0.717) is 0 Å². The van der Waals surface area contributed by atoms with Gasteiger partial charge in [-0.15, -0.1) is 0 Å². The second-order valence-electron chi connectivity index (χ2n) is 3.44. The first-order chi connectivity index (χ1) is 4.58. The normalized spacial score (nSPS) is 19.7. The predicted octanol–water partition coefficient (Wildman–Crippen LogP) is 2.04. The first-order valence-corrected chi connectivity index (χ1v) is 4.66. The predicted molar refractivity (Wildman–Crippen MR) is 48.3 cm³/mol. The Kier molecular flexibility index (Phi) is 2.50. The fourth-order valence-electron chi connectivity index (χ4n) is 1.30. The largest absolute Gasteiger partial charge is 0.238 e. The van der Waals surface area contributed by atoms with Crippen LogP contribution < -0.4 is 0 Å². The molecule has 1 rings (SSSR count). The average molecular weight is 205 g/mol. The Bertz CT molecular complexity index is 136. The Balaban J connectivity index is 2.53. The first-order valence-electron chi connectivity index (χ1n) is 3.87. The summed E-state index contributed by atoms with van der Waals surface area (Å²) >= 11 is 3.59. The van der Waals surface area contributed by atoms with Crippen LogP contribution in [-0.2, 0) is 0 Å². The number of halogens is 1. The Labute approximate surface area is 71.3 Å². The van der Waals surface area contributed by atoms with Crippen molar-refractivity contribution >= 4 is 22.1 Å². The molecule has 1 heterocycles. The lowest BCUT2D eigenvalue weighted by Crippen LogP contribution is -2.21. The Morgan fingerprint density at radius 2 is 1.80 bits per heavy atom.